The highest BCUT2D eigenvalue weighted by atomic mass is 35.5. The van der Waals surface area contributed by atoms with Gasteiger partial charge in [0.2, 0.25) is 0 Å². The molecular formula is C18H11ClN2OS2. The number of thiophene rings is 1. The summed E-state index contributed by atoms with van der Waals surface area (Å²) in [6.45, 7) is 0. The van der Waals surface area contributed by atoms with Crippen molar-refractivity contribution in [1.29, 1.82) is 0 Å². The normalized spacial score (nSPS) is 10.9. The number of rotatable bonds is 3. The highest BCUT2D eigenvalue weighted by molar-refractivity contribution is 7.22. The maximum atomic E-state index is 12.4. The van der Waals surface area contributed by atoms with Crippen LogP contribution in [0.25, 0.3) is 20.8 Å². The number of carbonyl (C=O) groups excluding carboxylic acids is 1. The minimum atomic E-state index is -0.156. The Morgan fingerprint density at radius 3 is 2.62 bits per heavy atom. The molecule has 4 rings (SSSR count). The van der Waals surface area contributed by atoms with Crippen molar-refractivity contribution in [3.8, 4) is 10.6 Å². The summed E-state index contributed by atoms with van der Waals surface area (Å²) in [5.74, 6) is -0.156. The lowest BCUT2D eigenvalue weighted by Gasteiger charge is -2.05. The quantitative estimate of drug-likeness (QED) is 0.485. The summed E-state index contributed by atoms with van der Waals surface area (Å²) in [6, 6.07) is 16.8. The SMILES string of the molecule is O=C(Nc1sccc1-c1nc2ccccc2s1)c1ccc(Cl)cc1. The standard InChI is InChI=1S/C18H11ClN2OS2/c19-12-7-5-11(6-8-12)16(22)21-17-13(9-10-23-17)18-20-14-3-1-2-4-15(14)24-18/h1-10H,(H,21,22). The lowest BCUT2D eigenvalue weighted by Crippen LogP contribution is -2.11. The van der Waals surface area contributed by atoms with E-state index in [1.807, 2.05) is 29.6 Å². The summed E-state index contributed by atoms with van der Waals surface area (Å²) in [7, 11) is 0. The van der Waals surface area contributed by atoms with Crippen molar-refractivity contribution in [2.45, 2.75) is 0 Å². The van der Waals surface area contributed by atoms with E-state index in [9.17, 15) is 4.79 Å². The zero-order valence-electron chi connectivity index (χ0n) is 12.3. The van der Waals surface area contributed by atoms with E-state index in [2.05, 4.69) is 16.4 Å². The zero-order chi connectivity index (χ0) is 16.5. The smallest absolute Gasteiger partial charge is 0.256 e. The van der Waals surface area contributed by atoms with Gasteiger partial charge >= 0.3 is 0 Å². The molecule has 0 spiro atoms. The van der Waals surface area contributed by atoms with Crippen LogP contribution in [-0.4, -0.2) is 10.9 Å². The number of carbonyl (C=O) groups is 1. The number of para-hydroxylation sites is 1. The first-order valence-electron chi connectivity index (χ1n) is 7.21. The number of nitrogens with zero attached hydrogens (tertiary/aromatic N) is 1. The molecule has 0 bridgehead atoms. The van der Waals surface area contributed by atoms with E-state index in [1.165, 1.54) is 11.3 Å². The van der Waals surface area contributed by atoms with Crippen LogP contribution in [0.2, 0.25) is 5.02 Å². The molecule has 3 nitrogen and oxygen atoms in total. The van der Waals surface area contributed by atoms with Gasteiger partial charge in [0, 0.05) is 16.1 Å². The number of amides is 1. The van der Waals surface area contributed by atoms with Crippen LogP contribution in [0.5, 0.6) is 0 Å². The number of nitrogens with one attached hydrogen (secondary N) is 1. The zero-order valence-corrected chi connectivity index (χ0v) is 14.7. The van der Waals surface area contributed by atoms with Gasteiger partial charge in [-0.05, 0) is 47.8 Å². The van der Waals surface area contributed by atoms with Crippen LogP contribution in [0.1, 0.15) is 10.4 Å². The second kappa shape index (κ2) is 6.36. The van der Waals surface area contributed by atoms with E-state index in [0.29, 0.717) is 10.6 Å². The van der Waals surface area contributed by atoms with Crippen molar-refractivity contribution in [1.82, 2.24) is 4.98 Å². The van der Waals surface area contributed by atoms with Crippen molar-refractivity contribution in [2.75, 3.05) is 5.32 Å². The second-order valence-corrected chi connectivity index (χ2v) is 7.49. The van der Waals surface area contributed by atoms with Crippen molar-refractivity contribution in [2.24, 2.45) is 0 Å². The maximum Gasteiger partial charge on any atom is 0.256 e. The fraction of sp³-hybridized carbons (Fsp3) is 0. The number of benzene rings is 2. The third-order valence-electron chi connectivity index (χ3n) is 3.52. The molecule has 0 aliphatic rings. The average Bonchev–Trinajstić information content (AvgIpc) is 3.21. The van der Waals surface area contributed by atoms with Gasteiger partial charge in [-0.2, -0.15) is 0 Å². The van der Waals surface area contributed by atoms with Crippen LogP contribution in [0.15, 0.2) is 60.0 Å². The van der Waals surface area contributed by atoms with Crippen LogP contribution in [0.4, 0.5) is 5.00 Å². The van der Waals surface area contributed by atoms with Gasteiger partial charge in [-0.15, -0.1) is 22.7 Å². The Morgan fingerprint density at radius 1 is 1.04 bits per heavy atom. The van der Waals surface area contributed by atoms with Crippen molar-refractivity contribution in [3.63, 3.8) is 0 Å². The molecule has 0 aliphatic heterocycles. The molecule has 0 saturated heterocycles. The summed E-state index contributed by atoms with van der Waals surface area (Å²) < 4.78 is 1.13. The highest BCUT2D eigenvalue weighted by Gasteiger charge is 2.15. The molecular weight excluding hydrogens is 360 g/mol. The minimum Gasteiger partial charge on any atom is -0.313 e. The average molecular weight is 371 g/mol. The molecule has 2 heterocycles. The van der Waals surface area contributed by atoms with E-state index in [-0.39, 0.29) is 5.91 Å². The Balaban J connectivity index is 1.65. The highest BCUT2D eigenvalue weighted by Crippen LogP contribution is 2.37. The third kappa shape index (κ3) is 2.94. The monoisotopic (exact) mass is 370 g/mol. The molecule has 0 atom stereocenters. The Kier molecular flexibility index (Phi) is 4.06. The fourth-order valence-electron chi connectivity index (χ4n) is 2.34. The molecule has 2 aromatic heterocycles. The van der Waals surface area contributed by atoms with Crippen LogP contribution < -0.4 is 5.32 Å². The predicted octanol–water partition coefficient (Wildman–Crippen LogP) is 5.93. The van der Waals surface area contributed by atoms with Crippen molar-refractivity contribution in [3.05, 3.63) is 70.6 Å². The first kappa shape index (κ1) is 15.3. The molecule has 2 aromatic carbocycles. The number of hydrogen-bond donors (Lipinski definition) is 1. The molecule has 6 heteroatoms. The summed E-state index contributed by atoms with van der Waals surface area (Å²) in [5.41, 5.74) is 2.49. The van der Waals surface area contributed by atoms with Crippen LogP contribution in [0, 0.1) is 0 Å². The summed E-state index contributed by atoms with van der Waals surface area (Å²) in [6.07, 6.45) is 0. The van der Waals surface area contributed by atoms with E-state index >= 15 is 0 Å². The molecule has 0 unspecified atom stereocenters. The molecule has 0 saturated carbocycles. The van der Waals surface area contributed by atoms with Crippen molar-refractivity contribution < 1.29 is 4.79 Å². The molecule has 1 N–H and O–H groups in total. The summed E-state index contributed by atoms with van der Waals surface area (Å²) >= 11 is 8.98. The van der Waals surface area contributed by atoms with Gasteiger partial charge in [0.25, 0.3) is 5.91 Å². The van der Waals surface area contributed by atoms with E-state index in [4.69, 9.17) is 11.6 Å². The first-order chi connectivity index (χ1) is 11.7. The second-order valence-electron chi connectivity index (χ2n) is 5.11. The lowest BCUT2D eigenvalue weighted by atomic mass is 10.2. The van der Waals surface area contributed by atoms with Gasteiger partial charge < -0.3 is 5.32 Å². The topological polar surface area (TPSA) is 42.0 Å². The molecule has 24 heavy (non-hydrogen) atoms. The summed E-state index contributed by atoms with van der Waals surface area (Å²) in [5, 5.41) is 7.24. The minimum absolute atomic E-state index is 0.156. The Labute approximate surface area is 151 Å². The van der Waals surface area contributed by atoms with Gasteiger partial charge in [-0.3, -0.25) is 4.79 Å². The van der Waals surface area contributed by atoms with Crippen LogP contribution >= 0.6 is 34.3 Å². The van der Waals surface area contributed by atoms with E-state index in [1.54, 1.807) is 35.6 Å². The maximum absolute atomic E-state index is 12.4. The van der Waals surface area contributed by atoms with Gasteiger partial charge in [0.1, 0.15) is 10.0 Å². The number of aromatic nitrogens is 1. The fourth-order valence-corrected chi connectivity index (χ4v) is 4.31. The Hall–Kier alpha value is -2.21. The number of halogens is 1. The molecule has 118 valence electrons. The number of thiazole rings is 1. The van der Waals surface area contributed by atoms with Gasteiger partial charge in [0.05, 0.1) is 10.2 Å². The van der Waals surface area contributed by atoms with Gasteiger partial charge in [-0.1, -0.05) is 23.7 Å². The number of hydrogen-bond acceptors (Lipinski definition) is 4. The molecule has 0 fully saturated rings. The Bertz CT molecular complexity index is 988. The first-order valence-corrected chi connectivity index (χ1v) is 9.28. The van der Waals surface area contributed by atoms with Gasteiger partial charge in [0.15, 0.2) is 0 Å². The third-order valence-corrected chi connectivity index (χ3v) is 5.67. The van der Waals surface area contributed by atoms with Crippen LogP contribution in [0.3, 0.4) is 0 Å². The summed E-state index contributed by atoms with van der Waals surface area (Å²) in [4.78, 5) is 17.1. The largest absolute Gasteiger partial charge is 0.313 e. The lowest BCUT2D eigenvalue weighted by molar-refractivity contribution is 0.102. The van der Waals surface area contributed by atoms with E-state index in [0.717, 1.165) is 25.8 Å². The predicted molar refractivity (Wildman–Crippen MR) is 102 cm³/mol. The number of anilines is 1. The molecule has 4 aromatic rings. The van der Waals surface area contributed by atoms with Crippen LogP contribution in [-0.2, 0) is 0 Å². The number of fused-ring (bicyclic) bond motifs is 1. The van der Waals surface area contributed by atoms with Crippen molar-refractivity contribution >= 4 is 55.4 Å². The Morgan fingerprint density at radius 2 is 1.83 bits per heavy atom. The van der Waals surface area contributed by atoms with E-state index < -0.39 is 0 Å². The molecule has 0 radical (unpaired) electrons. The molecule has 0 aliphatic carbocycles. The molecule has 1 amide bonds. The van der Waals surface area contributed by atoms with Gasteiger partial charge in [-0.25, -0.2) is 4.98 Å².